The standard InChI is InChI=1S/2C5H5NOS.Cu/c2*7-6-4-2-1-3-5(6)8;/h2*1-4,7H;/q;;+2. The number of rotatable bonds is 0. The van der Waals surface area contributed by atoms with Gasteiger partial charge in [-0.2, -0.15) is 9.46 Å². The summed E-state index contributed by atoms with van der Waals surface area (Å²) in [6, 6.07) is 10.3. The van der Waals surface area contributed by atoms with E-state index in [1.807, 2.05) is 0 Å². The summed E-state index contributed by atoms with van der Waals surface area (Å²) in [5.41, 5.74) is 0. The molecule has 7 heteroatoms. The molecular formula is C10H10CuN2O2S2+2. The van der Waals surface area contributed by atoms with Crippen molar-refractivity contribution in [1.82, 2.24) is 9.46 Å². The molecule has 1 radical (unpaired) electrons. The molecule has 0 aromatic carbocycles. The van der Waals surface area contributed by atoms with Crippen LogP contribution >= 0.6 is 24.4 Å². The summed E-state index contributed by atoms with van der Waals surface area (Å²) in [7, 11) is 0. The Balaban J connectivity index is 0.000000284. The zero-order valence-electron chi connectivity index (χ0n) is 8.53. The van der Waals surface area contributed by atoms with Gasteiger partial charge in [-0.05, 0) is 24.3 Å². The van der Waals surface area contributed by atoms with Gasteiger partial charge in [-0.3, -0.25) is 0 Å². The number of nitrogens with zero attached hydrogens (tertiary/aromatic N) is 2. The van der Waals surface area contributed by atoms with Crippen LogP contribution in [0.2, 0.25) is 0 Å². The van der Waals surface area contributed by atoms with Crippen LogP contribution in [0.25, 0.3) is 0 Å². The second-order valence-corrected chi connectivity index (χ2v) is 3.60. The van der Waals surface area contributed by atoms with Crippen molar-refractivity contribution in [2.24, 2.45) is 0 Å². The van der Waals surface area contributed by atoms with E-state index in [0.717, 1.165) is 9.46 Å². The molecule has 0 aliphatic carbocycles. The minimum atomic E-state index is 0. The van der Waals surface area contributed by atoms with Crippen LogP contribution in [-0.4, -0.2) is 19.9 Å². The van der Waals surface area contributed by atoms with Gasteiger partial charge in [-0.25, -0.2) is 0 Å². The number of pyridine rings is 2. The van der Waals surface area contributed by atoms with Crippen molar-refractivity contribution in [3.05, 3.63) is 58.1 Å². The first-order valence-corrected chi connectivity index (χ1v) is 5.17. The summed E-state index contributed by atoms with van der Waals surface area (Å²) < 4.78 is 2.64. The smallest absolute Gasteiger partial charge is 0.428 e. The molecule has 4 nitrogen and oxygen atoms in total. The monoisotopic (exact) mass is 317 g/mol. The van der Waals surface area contributed by atoms with Gasteiger partial charge in [-0.1, -0.05) is 36.6 Å². The Kier molecular flexibility index (Phi) is 7.49. The topological polar surface area (TPSA) is 50.3 Å². The molecule has 2 aromatic rings. The minimum Gasteiger partial charge on any atom is -0.428 e. The van der Waals surface area contributed by atoms with Gasteiger partial charge in [0.15, 0.2) is 0 Å². The maximum atomic E-state index is 8.73. The molecule has 0 atom stereocenters. The van der Waals surface area contributed by atoms with Gasteiger partial charge < -0.3 is 10.4 Å². The summed E-state index contributed by atoms with van der Waals surface area (Å²) in [5.74, 6) is 0. The first-order chi connectivity index (χ1) is 7.61. The van der Waals surface area contributed by atoms with Crippen LogP contribution in [0.4, 0.5) is 0 Å². The molecule has 2 N–H and O–H groups in total. The Morgan fingerprint density at radius 2 is 1.12 bits per heavy atom. The fraction of sp³-hybridized carbons (Fsp3) is 0. The molecule has 0 aliphatic rings. The predicted octanol–water partition coefficient (Wildman–Crippen LogP) is 2.91. The van der Waals surface area contributed by atoms with Crippen molar-refractivity contribution in [2.75, 3.05) is 0 Å². The largest absolute Gasteiger partial charge is 2.00 e. The average Bonchev–Trinajstić information content (AvgIpc) is 2.28. The molecular weight excluding hydrogens is 308 g/mol. The van der Waals surface area contributed by atoms with Gasteiger partial charge in [-0.15, -0.1) is 0 Å². The summed E-state index contributed by atoms with van der Waals surface area (Å²) in [5, 5.41) is 17.5. The Morgan fingerprint density at radius 3 is 1.29 bits per heavy atom. The SMILES string of the molecule is On1ccccc1=S.On1ccccc1=S.[Cu+2]. The normalized spacial score (nSPS) is 8.47. The van der Waals surface area contributed by atoms with Gasteiger partial charge in [0, 0.05) is 12.4 Å². The van der Waals surface area contributed by atoms with Crippen LogP contribution in [0.3, 0.4) is 0 Å². The minimum absolute atomic E-state index is 0. The van der Waals surface area contributed by atoms with Crippen molar-refractivity contribution in [1.29, 1.82) is 0 Å². The summed E-state index contributed by atoms with van der Waals surface area (Å²) in [6.07, 6.45) is 2.98. The van der Waals surface area contributed by atoms with E-state index in [9.17, 15) is 0 Å². The van der Waals surface area contributed by atoms with E-state index >= 15 is 0 Å². The molecule has 0 fully saturated rings. The molecule has 0 amide bonds. The van der Waals surface area contributed by atoms with Gasteiger partial charge in [0.1, 0.15) is 9.28 Å². The van der Waals surface area contributed by atoms with Gasteiger partial charge in [0.2, 0.25) is 0 Å². The number of aromatic nitrogens is 2. The molecule has 0 saturated heterocycles. The van der Waals surface area contributed by atoms with Crippen molar-refractivity contribution in [2.45, 2.75) is 0 Å². The Morgan fingerprint density at radius 1 is 0.765 bits per heavy atom. The van der Waals surface area contributed by atoms with Crippen molar-refractivity contribution in [3.63, 3.8) is 0 Å². The van der Waals surface area contributed by atoms with Gasteiger partial charge in [0.25, 0.3) is 0 Å². The van der Waals surface area contributed by atoms with Gasteiger partial charge in [0.05, 0.1) is 0 Å². The molecule has 0 aliphatic heterocycles. The van der Waals surface area contributed by atoms with E-state index in [4.69, 9.17) is 10.4 Å². The summed E-state index contributed by atoms with van der Waals surface area (Å²) in [4.78, 5) is 0. The summed E-state index contributed by atoms with van der Waals surface area (Å²) in [6.45, 7) is 0. The fourth-order valence-electron chi connectivity index (χ4n) is 0.838. The van der Waals surface area contributed by atoms with Crippen molar-refractivity contribution >= 4 is 24.4 Å². The first-order valence-electron chi connectivity index (χ1n) is 4.35. The van der Waals surface area contributed by atoms with Crippen LogP contribution in [0.5, 0.6) is 0 Å². The third-order valence-electron chi connectivity index (χ3n) is 1.61. The van der Waals surface area contributed by atoms with E-state index in [-0.39, 0.29) is 17.1 Å². The maximum Gasteiger partial charge on any atom is 2.00 e. The predicted molar refractivity (Wildman–Crippen MR) is 64.9 cm³/mol. The first kappa shape index (κ1) is 15.9. The zero-order valence-corrected chi connectivity index (χ0v) is 11.1. The third kappa shape index (κ3) is 5.65. The zero-order chi connectivity index (χ0) is 12.0. The van der Waals surface area contributed by atoms with E-state index in [1.165, 1.54) is 12.4 Å². The second-order valence-electron chi connectivity index (χ2n) is 2.77. The van der Waals surface area contributed by atoms with E-state index < -0.39 is 0 Å². The molecule has 17 heavy (non-hydrogen) atoms. The Labute approximate surface area is 119 Å². The third-order valence-corrected chi connectivity index (χ3v) is 2.25. The number of hydrogen-bond donors (Lipinski definition) is 2. The van der Waals surface area contributed by atoms with Crippen LogP contribution in [-0.2, 0) is 17.1 Å². The Bertz CT molecular complexity index is 517. The van der Waals surface area contributed by atoms with Crippen LogP contribution < -0.4 is 0 Å². The molecule has 0 saturated carbocycles. The van der Waals surface area contributed by atoms with E-state index in [0.29, 0.717) is 9.28 Å². The van der Waals surface area contributed by atoms with Crippen LogP contribution in [0.1, 0.15) is 0 Å². The van der Waals surface area contributed by atoms with E-state index in [2.05, 4.69) is 24.4 Å². The van der Waals surface area contributed by atoms with Gasteiger partial charge >= 0.3 is 17.1 Å². The quantitative estimate of drug-likeness (QED) is 0.445. The fourth-order valence-corrected chi connectivity index (χ4v) is 1.12. The number of hydrogen-bond acceptors (Lipinski definition) is 4. The van der Waals surface area contributed by atoms with Crippen LogP contribution in [0.15, 0.2) is 48.8 Å². The second kappa shape index (κ2) is 8.02. The molecule has 0 bridgehead atoms. The van der Waals surface area contributed by atoms with Crippen molar-refractivity contribution < 1.29 is 27.5 Å². The van der Waals surface area contributed by atoms with E-state index in [1.54, 1.807) is 36.4 Å². The molecule has 0 spiro atoms. The maximum absolute atomic E-state index is 8.73. The molecule has 93 valence electrons. The average molecular weight is 318 g/mol. The molecule has 2 heterocycles. The van der Waals surface area contributed by atoms with Crippen molar-refractivity contribution in [3.8, 4) is 0 Å². The summed E-state index contributed by atoms with van der Waals surface area (Å²) >= 11 is 9.33. The molecule has 0 unspecified atom stereocenters. The molecule has 2 aromatic heterocycles. The van der Waals surface area contributed by atoms with Crippen LogP contribution in [0, 0.1) is 9.28 Å². The Hall–Kier alpha value is -1.14. The molecule has 2 rings (SSSR count).